The molecule has 4 nitrogen and oxygen atoms in total. The highest BCUT2D eigenvalue weighted by molar-refractivity contribution is 6.30. The number of carbonyl (C=O) groups excluding carboxylic acids is 1. The lowest BCUT2D eigenvalue weighted by molar-refractivity contribution is 0.248. The van der Waals surface area contributed by atoms with Crippen molar-refractivity contribution in [3.63, 3.8) is 0 Å². The fourth-order valence-electron chi connectivity index (χ4n) is 1.86. The Morgan fingerprint density at radius 1 is 1.38 bits per heavy atom. The lowest BCUT2D eigenvalue weighted by atomic mass is 10.2. The first kappa shape index (κ1) is 11.2. The summed E-state index contributed by atoms with van der Waals surface area (Å²) in [5, 5.41) is 6.15. The van der Waals surface area contributed by atoms with Crippen LogP contribution in [-0.2, 0) is 0 Å². The van der Waals surface area contributed by atoms with E-state index in [2.05, 4.69) is 15.6 Å². The zero-order valence-corrected chi connectivity index (χ0v) is 9.63. The van der Waals surface area contributed by atoms with E-state index in [9.17, 15) is 4.79 Å². The van der Waals surface area contributed by atoms with Gasteiger partial charge in [-0.05, 0) is 25.0 Å². The molecule has 1 aliphatic carbocycles. The van der Waals surface area contributed by atoms with Gasteiger partial charge >= 0.3 is 6.03 Å². The molecule has 16 heavy (non-hydrogen) atoms. The third-order valence-electron chi connectivity index (χ3n) is 2.66. The predicted molar refractivity (Wildman–Crippen MR) is 63.7 cm³/mol. The minimum Gasteiger partial charge on any atom is -0.335 e. The highest BCUT2D eigenvalue weighted by Crippen LogP contribution is 2.17. The van der Waals surface area contributed by atoms with E-state index in [4.69, 9.17) is 11.6 Å². The maximum Gasteiger partial charge on any atom is 0.320 e. The van der Waals surface area contributed by atoms with Crippen LogP contribution in [0.5, 0.6) is 0 Å². The van der Waals surface area contributed by atoms with E-state index in [1.807, 2.05) is 0 Å². The molecule has 0 aromatic carbocycles. The van der Waals surface area contributed by atoms with Crippen LogP contribution in [0.3, 0.4) is 0 Å². The van der Waals surface area contributed by atoms with Crippen molar-refractivity contribution in [3.8, 4) is 0 Å². The summed E-state index contributed by atoms with van der Waals surface area (Å²) in [7, 11) is 0. The van der Waals surface area contributed by atoms with E-state index in [1.54, 1.807) is 12.1 Å². The average Bonchev–Trinajstić information content (AvgIpc) is 2.74. The molecule has 5 heteroatoms. The largest absolute Gasteiger partial charge is 0.335 e. The fraction of sp³-hybridized carbons (Fsp3) is 0.455. The Hall–Kier alpha value is -1.29. The summed E-state index contributed by atoms with van der Waals surface area (Å²) in [6, 6.07) is 3.49. The topological polar surface area (TPSA) is 54.0 Å². The summed E-state index contributed by atoms with van der Waals surface area (Å²) in [5.41, 5.74) is 0. The number of hydrogen-bond acceptors (Lipinski definition) is 2. The van der Waals surface area contributed by atoms with Gasteiger partial charge in [-0.15, -0.1) is 0 Å². The Morgan fingerprint density at radius 2 is 2.12 bits per heavy atom. The number of rotatable bonds is 2. The van der Waals surface area contributed by atoms with Crippen LogP contribution in [0.25, 0.3) is 0 Å². The molecule has 2 rings (SSSR count). The van der Waals surface area contributed by atoms with Crippen molar-refractivity contribution in [1.29, 1.82) is 0 Å². The number of nitrogens with one attached hydrogen (secondary N) is 2. The second-order valence-electron chi connectivity index (χ2n) is 3.94. The summed E-state index contributed by atoms with van der Waals surface area (Å²) in [6.07, 6.45) is 6.05. The zero-order valence-electron chi connectivity index (χ0n) is 8.87. The van der Waals surface area contributed by atoms with Crippen molar-refractivity contribution in [1.82, 2.24) is 10.3 Å². The van der Waals surface area contributed by atoms with Crippen LogP contribution in [0.15, 0.2) is 18.3 Å². The number of carbonyl (C=O) groups is 1. The van der Waals surface area contributed by atoms with Crippen LogP contribution in [0.1, 0.15) is 25.7 Å². The Bertz CT molecular complexity index is 360. The first-order chi connectivity index (χ1) is 7.74. The molecule has 0 spiro atoms. The molecule has 1 saturated carbocycles. The van der Waals surface area contributed by atoms with Crippen LogP contribution < -0.4 is 10.6 Å². The average molecular weight is 240 g/mol. The van der Waals surface area contributed by atoms with Gasteiger partial charge in [0.05, 0.1) is 5.02 Å². The number of anilines is 1. The molecule has 1 fully saturated rings. The van der Waals surface area contributed by atoms with Gasteiger partial charge in [0, 0.05) is 12.2 Å². The van der Waals surface area contributed by atoms with Gasteiger partial charge in [0.15, 0.2) is 0 Å². The van der Waals surface area contributed by atoms with Gasteiger partial charge in [-0.2, -0.15) is 0 Å². The molecule has 1 aliphatic rings. The van der Waals surface area contributed by atoms with Crippen molar-refractivity contribution in [2.24, 2.45) is 0 Å². The molecule has 2 amide bonds. The Labute approximate surface area is 99.4 Å². The normalized spacial score (nSPS) is 16.1. The molecule has 1 aromatic heterocycles. The number of pyridine rings is 1. The maximum absolute atomic E-state index is 11.6. The van der Waals surface area contributed by atoms with E-state index in [0.29, 0.717) is 16.9 Å². The SMILES string of the molecule is O=C(Nc1ccc(Cl)cn1)NC1CCCC1. The molecule has 0 bridgehead atoms. The molecule has 0 atom stereocenters. The van der Waals surface area contributed by atoms with Gasteiger partial charge in [0.2, 0.25) is 0 Å². The quantitative estimate of drug-likeness (QED) is 0.834. The van der Waals surface area contributed by atoms with Crippen molar-refractivity contribution in [2.45, 2.75) is 31.7 Å². The predicted octanol–water partition coefficient (Wildman–Crippen LogP) is 2.80. The van der Waals surface area contributed by atoms with Gasteiger partial charge in [-0.1, -0.05) is 24.4 Å². The summed E-state index contributed by atoms with van der Waals surface area (Å²) in [6.45, 7) is 0. The monoisotopic (exact) mass is 239 g/mol. The molecule has 0 unspecified atom stereocenters. The van der Waals surface area contributed by atoms with Crippen LogP contribution in [-0.4, -0.2) is 17.1 Å². The third kappa shape index (κ3) is 3.10. The van der Waals surface area contributed by atoms with Gasteiger partial charge in [-0.3, -0.25) is 5.32 Å². The van der Waals surface area contributed by atoms with E-state index >= 15 is 0 Å². The Morgan fingerprint density at radius 3 is 2.75 bits per heavy atom. The molecule has 1 aromatic rings. The lowest BCUT2D eigenvalue weighted by Crippen LogP contribution is -2.36. The van der Waals surface area contributed by atoms with Gasteiger partial charge in [-0.25, -0.2) is 9.78 Å². The summed E-state index contributed by atoms with van der Waals surface area (Å²) >= 11 is 5.69. The first-order valence-corrected chi connectivity index (χ1v) is 5.81. The molecular formula is C11H14ClN3O. The first-order valence-electron chi connectivity index (χ1n) is 5.43. The number of nitrogens with zero attached hydrogens (tertiary/aromatic N) is 1. The fourth-order valence-corrected chi connectivity index (χ4v) is 1.97. The van der Waals surface area contributed by atoms with Gasteiger partial charge in [0.1, 0.15) is 5.82 Å². The minimum absolute atomic E-state index is 0.193. The van der Waals surface area contributed by atoms with Crippen LogP contribution in [0.4, 0.5) is 10.6 Å². The minimum atomic E-state index is -0.193. The van der Waals surface area contributed by atoms with E-state index in [1.165, 1.54) is 19.0 Å². The highest BCUT2D eigenvalue weighted by Gasteiger charge is 2.16. The smallest absolute Gasteiger partial charge is 0.320 e. The van der Waals surface area contributed by atoms with E-state index in [-0.39, 0.29) is 6.03 Å². The summed E-state index contributed by atoms with van der Waals surface area (Å²) < 4.78 is 0. The third-order valence-corrected chi connectivity index (χ3v) is 2.88. The molecule has 1 heterocycles. The molecular weight excluding hydrogens is 226 g/mol. The van der Waals surface area contributed by atoms with Crippen molar-refractivity contribution in [3.05, 3.63) is 23.4 Å². The van der Waals surface area contributed by atoms with Crippen LogP contribution in [0.2, 0.25) is 5.02 Å². The summed E-state index contributed by atoms with van der Waals surface area (Å²) in [5.74, 6) is 0.514. The van der Waals surface area contributed by atoms with Crippen LogP contribution in [0, 0.1) is 0 Å². The Balaban J connectivity index is 1.84. The molecule has 2 N–H and O–H groups in total. The van der Waals surface area contributed by atoms with Crippen molar-refractivity contribution >= 4 is 23.4 Å². The number of halogens is 1. The maximum atomic E-state index is 11.6. The van der Waals surface area contributed by atoms with Crippen molar-refractivity contribution < 1.29 is 4.79 Å². The van der Waals surface area contributed by atoms with E-state index in [0.717, 1.165) is 12.8 Å². The van der Waals surface area contributed by atoms with Crippen molar-refractivity contribution in [2.75, 3.05) is 5.32 Å². The summed E-state index contributed by atoms with van der Waals surface area (Å²) in [4.78, 5) is 15.5. The van der Waals surface area contributed by atoms with Gasteiger partial charge in [0.25, 0.3) is 0 Å². The number of aromatic nitrogens is 1. The Kier molecular flexibility index (Phi) is 3.62. The second kappa shape index (κ2) is 5.16. The molecule has 0 aliphatic heterocycles. The van der Waals surface area contributed by atoms with Gasteiger partial charge < -0.3 is 5.32 Å². The highest BCUT2D eigenvalue weighted by atomic mass is 35.5. The zero-order chi connectivity index (χ0) is 11.4. The van der Waals surface area contributed by atoms with E-state index < -0.39 is 0 Å². The number of amides is 2. The standard InChI is InChI=1S/C11H14ClN3O/c12-8-5-6-10(13-7-8)15-11(16)14-9-3-1-2-4-9/h5-7,9H,1-4H2,(H2,13,14,15,16). The number of urea groups is 1. The number of hydrogen-bond donors (Lipinski definition) is 2. The molecule has 0 saturated heterocycles. The van der Waals surface area contributed by atoms with Crippen LogP contribution >= 0.6 is 11.6 Å². The molecule has 0 radical (unpaired) electrons. The molecule has 86 valence electrons. The second-order valence-corrected chi connectivity index (χ2v) is 4.38. The lowest BCUT2D eigenvalue weighted by Gasteiger charge is -2.12.